The fourth-order valence-electron chi connectivity index (χ4n) is 2.23. The number of piperidine rings is 1. The Morgan fingerprint density at radius 2 is 2.11 bits per heavy atom. The highest BCUT2D eigenvalue weighted by atomic mass is 32.2. The second-order valence-corrected chi connectivity index (χ2v) is 5.73. The Balaban J connectivity index is 1.88. The van der Waals surface area contributed by atoms with Crippen molar-refractivity contribution >= 4 is 17.4 Å². The number of thioether (sulfide) groups is 1. The maximum atomic E-state index is 3.78. The van der Waals surface area contributed by atoms with Crippen molar-refractivity contribution < 1.29 is 0 Å². The van der Waals surface area contributed by atoms with Crippen molar-refractivity contribution in [3.8, 4) is 0 Å². The maximum Gasteiger partial charge on any atom is 0.0478 e. The van der Waals surface area contributed by atoms with Gasteiger partial charge in [-0.1, -0.05) is 18.2 Å². The van der Waals surface area contributed by atoms with Gasteiger partial charge in [0.2, 0.25) is 0 Å². The van der Waals surface area contributed by atoms with Crippen LogP contribution >= 0.6 is 11.8 Å². The van der Waals surface area contributed by atoms with Crippen LogP contribution in [0.3, 0.4) is 0 Å². The van der Waals surface area contributed by atoms with Gasteiger partial charge >= 0.3 is 0 Å². The van der Waals surface area contributed by atoms with Gasteiger partial charge in [0.15, 0.2) is 0 Å². The third kappa shape index (κ3) is 4.07. The molecule has 1 aromatic carbocycles. The van der Waals surface area contributed by atoms with Crippen molar-refractivity contribution in [3.05, 3.63) is 36.9 Å². The molecule has 2 nitrogen and oxygen atoms in total. The summed E-state index contributed by atoms with van der Waals surface area (Å²) in [6, 6.07) is 8.55. The Kier molecular flexibility index (Phi) is 5.62. The van der Waals surface area contributed by atoms with Crippen LogP contribution in [0.1, 0.15) is 12.8 Å². The predicted molar refractivity (Wildman–Crippen MR) is 81.4 cm³/mol. The van der Waals surface area contributed by atoms with Crippen LogP contribution in [0.25, 0.3) is 0 Å². The van der Waals surface area contributed by atoms with Crippen molar-refractivity contribution in [2.24, 2.45) is 5.92 Å². The number of para-hydroxylation sites is 1. The van der Waals surface area contributed by atoms with Crippen LogP contribution in [0.15, 0.2) is 41.8 Å². The van der Waals surface area contributed by atoms with Gasteiger partial charge in [-0.3, -0.25) is 0 Å². The van der Waals surface area contributed by atoms with Crippen LogP contribution < -0.4 is 10.6 Å². The van der Waals surface area contributed by atoms with Crippen molar-refractivity contribution in [2.45, 2.75) is 17.7 Å². The minimum atomic E-state index is 0.809. The van der Waals surface area contributed by atoms with E-state index in [2.05, 4.69) is 41.5 Å². The van der Waals surface area contributed by atoms with Crippen molar-refractivity contribution in [2.75, 3.05) is 30.7 Å². The number of anilines is 1. The molecular formula is C15H22N2S. The molecule has 2 rings (SSSR count). The lowest BCUT2D eigenvalue weighted by atomic mass is 9.98. The molecule has 1 fully saturated rings. The fraction of sp³-hybridized carbons (Fsp3) is 0.467. The Morgan fingerprint density at radius 3 is 2.89 bits per heavy atom. The largest absolute Gasteiger partial charge is 0.384 e. The van der Waals surface area contributed by atoms with Crippen LogP contribution in [0.4, 0.5) is 5.69 Å². The maximum absolute atomic E-state index is 3.78. The second-order valence-electron chi connectivity index (χ2n) is 4.67. The standard InChI is InChI=1S/C15H22N2S/c1-2-11-18-15-6-4-3-5-14(15)17-12-13-7-9-16-10-8-13/h2-6,13,16-17H,1,7-12H2. The Bertz CT molecular complexity index is 373. The summed E-state index contributed by atoms with van der Waals surface area (Å²) in [5, 5.41) is 7.02. The molecule has 0 atom stereocenters. The predicted octanol–water partition coefficient (Wildman–Crippen LogP) is 3.38. The summed E-state index contributed by atoms with van der Waals surface area (Å²) in [5.41, 5.74) is 1.27. The molecule has 1 saturated heterocycles. The highest BCUT2D eigenvalue weighted by Gasteiger charge is 2.12. The van der Waals surface area contributed by atoms with E-state index in [-0.39, 0.29) is 0 Å². The minimum Gasteiger partial charge on any atom is -0.384 e. The molecule has 0 bridgehead atoms. The van der Waals surface area contributed by atoms with Gasteiger partial charge in [-0.15, -0.1) is 18.3 Å². The SMILES string of the molecule is C=CCSc1ccccc1NCC1CCNCC1. The Morgan fingerprint density at radius 1 is 1.33 bits per heavy atom. The number of benzene rings is 1. The van der Waals surface area contributed by atoms with Crippen LogP contribution in [0, 0.1) is 5.92 Å². The van der Waals surface area contributed by atoms with Gasteiger partial charge in [-0.25, -0.2) is 0 Å². The molecule has 18 heavy (non-hydrogen) atoms. The first-order valence-corrected chi connectivity index (χ1v) is 7.66. The topological polar surface area (TPSA) is 24.1 Å². The summed E-state index contributed by atoms with van der Waals surface area (Å²) >= 11 is 1.84. The lowest BCUT2D eigenvalue weighted by Crippen LogP contribution is -2.31. The zero-order valence-corrected chi connectivity index (χ0v) is 11.6. The normalized spacial score (nSPS) is 16.4. The van der Waals surface area contributed by atoms with Crippen LogP contribution in [-0.2, 0) is 0 Å². The van der Waals surface area contributed by atoms with E-state index in [1.165, 1.54) is 36.5 Å². The van der Waals surface area contributed by atoms with Gasteiger partial charge in [0, 0.05) is 22.9 Å². The van der Waals surface area contributed by atoms with Crippen molar-refractivity contribution in [3.63, 3.8) is 0 Å². The molecule has 0 spiro atoms. The molecule has 1 heterocycles. The summed E-state index contributed by atoms with van der Waals surface area (Å²) in [4.78, 5) is 1.33. The molecule has 0 radical (unpaired) electrons. The molecule has 1 aliphatic heterocycles. The van der Waals surface area contributed by atoms with Crippen molar-refractivity contribution in [1.29, 1.82) is 0 Å². The minimum absolute atomic E-state index is 0.809. The molecule has 0 amide bonds. The fourth-order valence-corrected chi connectivity index (χ4v) is 3.00. The van der Waals surface area contributed by atoms with Gasteiger partial charge in [-0.05, 0) is 44.0 Å². The number of hydrogen-bond donors (Lipinski definition) is 2. The molecule has 2 N–H and O–H groups in total. The first kappa shape index (κ1) is 13.5. The molecule has 1 aromatic rings. The zero-order chi connectivity index (χ0) is 12.6. The molecular weight excluding hydrogens is 240 g/mol. The average molecular weight is 262 g/mol. The third-order valence-electron chi connectivity index (χ3n) is 3.28. The quantitative estimate of drug-likeness (QED) is 0.607. The number of hydrogen-bond acceptors (Lipinski definition) is 3. The Labute approximate surface area is 114 Å². The van der Waals surface area contributed by atoms with Crippen LogP contribution in [-0.4, -0.2) is 25.4 Å². The summed E-state index contributed by atoms with van der Waals surface area (Å²) in [7, 11) is 0. The summed E-state index contributed by atoms with van der Waals surface area (Å²) in [6.45, 7) is 7.20. The van der Waals surface area contributed by atoms with Gasteiger partial charge in [0.05, 0.1) is 0 Å². The lowest BCUT2D eigenvalue weighted by Gasteiger charge is -2.23. The smallest absolute Gasteiger partial charge is 0.0478 e. The zero-order valence-electron chi connectivity index (χ0n) is 10.8. The summed E-state index contributed by atoms with van der Waals surface area (Å²) in [5.74, 6) is 1.77. The molecule has 0 aromatic heterocycles. The molecule has 0 unspecified atom stereocenters. The van der Waals surface area contributed by atoms with E-state index in [1.54, 1.807) is 0 Å². The van der Waals surface area contributed by atoms with E-state index < -0.39 is 0 Å². The molecule has 98 valence electrons. The average Bonchev–Trinajstić information content (AvgIpc) is 2.45. The third-order valence-corrected chi connectivity index (χ3v) is 4.35. The van der Waals surface area contributed by atoms with Crippen LogP contribution in [0.5, 0.6) is 0 Å². The molecule has 1 aliphatic rings. The first-order valence-electron chi connectivity index (χ1n) is 6.67. The molecule has 0 aliphatic carbocycles. The highest BCUT2D eigenvalue weighted by Crippen LogP contribution is 2.27. The molecule has 3 heteroatoms. The van der Waals surface area contributed by atoms with Crippen molar-refractivity contribution in [1.82, 2.24) is 5.32 Å². The van der Waals surface area contributed by atoms with Gasteiger partial charge in [0.1, 0.15) is 0 Å². The monoisotopic (exact) mass is 262 g/mol. The van der Waals surface area contributed by atoms with E-state index in [1.807, 2.05) is 17.8 Å². The first-order chi connectivity index (χ1) is 8.90. The van der Waals surface area contributed by atoms with E-state index in [9.17, 15) is 0 Å². The highest BCUT2D eigenvalue weighted by molar-refractivity contribution is 7.99. The van der Waals surface area contributed by atoms with Gasteiger partial charge in [-0.2, -0.15) is 0 Å². The van der Waals surface area contributed by atoms with Gasteiger partial charge < -0.3 is 10.6 Å². The second kappa shape index (κ2) is 7.49. The lowest BCUT2D eigenvalue weighted by molar-refractivity contribution is 0.390. The molecule has 0 saturated carbocycles. The van der Waals surface area contributed by atoms with E-state index >= 15 is 0 Å². The summed E-state index contributed by atoms with van der Waals surface area (Å²) in [6.07, 6.45) is 4.53. The van der Waals surface area contributed by atoms with Crippen LogP contribution in [0.2, 0.25) is 0 Å². The van der Waals surface area contributed by atoms with E-state index in [4.69, 9.17) is 0 Å². The van der Waals surface area contributed by atoms with E-state index in [0.717, 1.165) is 18.2 Å². The number of rotatable bonds is 6. The van der Waals surface area contributed by atoms with Gasteiger partial charge in [0.25, 0.3) is 0 Å². The number of nitrogens with one attached hydrogen (secondary N) is 2. The van der Waals surface area contributed by atoms with E-state index in [0.29, 0.717) is 0 Å². The summed E-state index contributed by atoms with van der Waals surface area (Å²) < 4.78 is 0. The Hall–Kier alpha value is -0.930.